The number of hydrogen-bond donors (Lipinski definition) is 0. The first kappa shape index (κ1) is 15.4. The van der Waals surface area contributed by atoms with Crippen molar-refractivity contribution in [3.8, 4) is 5.75 Å². The summed E-state index contributed by atoms with van der Waals surface area (Å²) in [5.41, 5.74) is 1.91. The van der Waals surface area contributed by atoms with Crippen LogP contribution in [0.5, 0.6) is 5.75 Å². The van der Waals surface area contributed by atoms with Crippen molar-refractivity contribution in [2.24, 2.45) is 5.92 Å². The maximum atomic E-state index is 5.87. The van der Waals surface area contributed by atoms with E-state index in [-0.39, 0.29) is 6.29 Å². The Kier molecular flexibility index (Phi) is 4.50. The van der Waals surface area contributed by atoms with Gasteiger partial charge >= 0.3 is 0 Å². The Bertz CT molecular complexity index is 681. The molecule has 6 nitrogen and oxygen atoms in total. The molecule has 7 heteroatoms. The van der Waals surface area contributed by atoms with Gasteiger partial charge in [-0.25, -0.2) is 4.68 Å². The lowest BCUT2D eigenvalue weighted by Crippen LogP contribution is -2.26. The number of benzene rings is 1. The first-order chi connectivity index (χ1) is 11.3. The van der Waals surface area contributed by atoms with Crippen molar-refractivity contribution < 1.29 is 14.2 Å². The zero-order chi connectivity index (χ0) is 15.6. The second kappa shape index (κ2) is 6.75. The molecular weight excluding hydrogens is 362 g/mol. The summed E-state index contributed by atoms with van der Waals surface area (Å²) < 4.78 is 19.8. The van der Waals surface area contributed by atoms with E-state index in [4.69, 9.17) is 14.2 Å². The number of fused-ring (bicyclic) bond motifs is 1. The second-order valence-corrected chi connectivity index (χ2v) is 6.92. The lowest BCUT2D eigenvalue weighted by Gasteiger charge is -2.23. The third kappa shape index (κ3) is 3.51. The third-order valence-corrected chi connectivity index (χ3v) is 4.99. The van der Waals surface area contributed by atoms with Crippen LogP contribution in [0, 0.1) is 5.92 Å². The fourth-order valence-electron chi connectivity index (χ4n) is 2.75. The number of halogens is 1. The zero-order valence-electron chi connectivity index (χ0n) is 12.9. The molecule has 124 valence electrons. The highest BCUT2D eigenvalue weighted by atomic mass is 79.9. The molecule has 2 aliphatic rings. The molecule has 0 atom stereocenters. The first-order valence-electron chi connectivity index (χ1n) is 8.19. The van der Waals surface area contributed by atoms with Crippen molar-refractivity contribution in [1.29, 1.82) is 0 Å². The normalized spacial score (nSPS) is 19.3. The molecule has 0 bridgehead atoms. The summed E-state index contributed by atoms with van der Waals surface area (Å²) in [6.07, 6.45) is 4.14. The molecule has 1 aromatic carbocycles. The molecule has 23 heavy (non-hydrogen) atoms. The molecular formula is C16H20BrN3O3. The fourth-order valence-corrected chi connectivity index (χ4v) is 3.27. The van der Waals surface area contributed by atoms with Crippen molar-refractivity contribution in [3.05, 3.63) is 16.6 Å². The second-order valence-electron chi connectivity index (χ2n) is 6.12. The van der Waals surface area contributed by atoms with Gasteiger partial charge in [-0.2, -0.15) is 0 Å². The van der Waals surface area contributed by atoms with Crippen LogP contribution in [0.25, 0.3) is 11.0 Å². The Morgan fingerprint density at radius 1 is 1.26 bits per heavy atom. The summed E-state index contributed by atoms with van der Waals surface area (Å²) in [7, 11) is 0. The number of nitrogens with zero attached hydrogens (tertiary/aromatic N) is 3. The van der Waals surface area contributed by atoms with Crippen molar-refractivity contribution in [2.75, 3.05) is 19.8 Å². The van der Waals surface area contributed by atoms with Gasteiger partial charge in [-0.15, -0.1) is 5.10 Å². The standard InChI is InChI=1S/C16H20BrN3O3/c17-15-13(21-9-6-14-22-7-1-8-23-14)5-4-12-16(15)18-19-20(12)10-11-2-3-11/h4-5,11,14H,1-3,6-10H2. The van der Waals surface area contributed by atoms with Crippen LogP contribution in [0.2, 0.25) is 0 Å². The molecule has 1 saturated carbocycles. The number of hydrogen-bond acceptors (Lipinski definition) is 5. The summed E-state index contributed by atoms with van der Waals surface area (Å²) in [5.74, 6) is 1.55. The Hall–Kier alpha value is -1.18. The molecule has 4 rings (SSSR count). The van der Waals surface area contributed by atoms with E-state index in [9.17, 15) is 0 Å². The van der Waals surface area contributed by atoms with E-state index in [1.165, 1.54) is 12.8 Å². The molecule has 1 aromatic heterocycles. The summed E-state index contributed by atoms with van der Waals surface area (Å²) in [5, 5.41) is 8.57. The molecule has 1 aliphatic heterocycles. The topological polar surface area (TPSA) is 58.4 Å². The molecule has 2 fully saturated rings. The predicted octanol–water partition coefficient (Wildman–Crippen LogP) is 3.14. The van der Waals surface area contributed by atoms with Gasteiger partial charge in [0, 0.05) is 13.0 Å². The van der Waals surface area contributed by atoms with E-state index in [0.717, 1.165) is 59.8 Å². The molecule has 0 radical (unpaired) electrons. The maximum Gasteiger partial charge on any atom is 0.160 e. The van der Waals surface area contributed by atoms with Crippen LogP contribution in [0.1, 0.15) is 25.7 Å². The van der Waals surface area contributed by atoms with Gasteiger partial charge < -0.3 is 14.2 Å². The Morgan fingerprint density at radius 3 is 2.87 bits per heavy atom. The Labute approximate surface area is 143 Å². The monoisotopic (exact) mass is 381 g/mol. The van der Waals surface area contributed by atoms with Gasteiger partial charge in [-0.05, 0) is 53.2 Å². The summed E-state index contributed by atoms with van der Waals surface area (Å²) in [6, 6.07) is 4.01. The third-order valence-electron chi connectivity index (χ3n) is 4.23. The highest BCUT2D eigenvalue weighted by Crippen LogP contribution is 2.34. The van der Waals surface area contributed by atoms with Crippen molar-refractivity contribution in [3.63, 3.8) is 0 Å². The van der Waals surface area contributed by atoms with Crippen LogP contribution in [0.15, 0.2) is 16.6 Å². The first-order valence-corrected chi connectivity index (χ1v) is 8.98. The summed E-state index contributed by atoms with van der Waals surface area (Å²) in [4.78, 5) is 0. The van der Waals surface area contributed by atoms with E-state index in [1.807, 2.05) is 16.8 Å². The van der Waals surface area contributed by atoms with E-state index in [0.29, 0.717) is 6.61 Å². The Balaban J connectivity index is 1.41. The van der Waals surface area contributed by atoms with E-state index >= 15 is 0 Å². The van der Waals surface area contributed by atoms with Gasteiger partial charge in [0.15, 0.2) is 6.29 Å². The minimum absolute atomic E-state index is 0.148. The van der Waals surface area contributed by atoms with Crippen LogP contribution < -0.4 is 4.74 Å². The highest BCUT2D eigenvalue weighted by Gasteiger charge is 2.24. The fraction of sp³-hybridized carbons (Fsp3) is 0.625. The molecule has 2 aromatic rings. The van der Waals surface area contributed by atoms with Gasteiger partial charge in [0.2, 0.25) is 0 Å². The van der Waals surface area contributed by atoms with Crippen molar-refractivity contribution in [2.45, 2.75) is 38.5 Å². The van der Waals surface area contributed by atoms with E-state index in [2.05, 4.69) is 26.2 Å². The molecule has 2 heterocycles. The largest absolute Gasteiger partial charge is 0.492 e. The minimum atomic E-state index is -0.148. The molecule has 1 aliphatic carbocycles. The zero-order valence-corrected chi connectivity index (χ0v) is 14.5. The number of rotatable bonds is 6. The summed E-state index contributed by atoms with van der Waals surface area (Å²) in [6.45, 7) is 3.04. The smallest absolute Gasteiger partial charge is 0.160 e. The van der Waals surface area contributed by atoms with Gasteiger partial charge in [0.05, 0.1) is 29.8 Å². The quantitative estimate of drug-likeness (QED) is 0.768. The maximum absolute atomic E-state index is 5.87. The van der Waals surface area contributed by atoms with Gasteiger partial charge in [-0.1, -0.05) is 5.21 Å². The average molecular weight is 382 g/mol. The van der Waals surface area contributed by atoms with Crippen LogP contribution >= 0.6 is 15.9 Å². The summed E-state index contributed by atoms with van der Waals surface area (Å²) >= 11 is 3.60. The van der Waals surface area contributed by atoms with Crippen LogP contribution in [0.4, 0.5) is 0 Å². The molecule has 0 N–H and O–H groups in total. The Morgan fingerprint density at radius 2 is 2.09 bits per heavy atom. The van der Waals surface area contributed by atoms with Crippen LogP contribution in [-0.2, 0) is 16.0 Å². The SMILES string of the molecule is Brc1c(OCCC2OCCCO2)ccc2c1nnn2CC1CC1. The van der Waals surface area contributed by atoms with Gasteiger partial charge in [-0.3, -0.25) is 0 Å². The van der Waals surface area contributed by atoms with Crippen molar-refractivity contribution >= 4 is 27.0 Å². The molecule has 0 amide bonds. The minimum Gasteiger partial charge on any atom is -0.492 e. The molecule has 0 spiro atoms. The van der Waals surface area contributed by atoms with Crippen LogP contribution in [0.3, 0.4) is 0 Å². The van der Waals surface area contributed by atoms with E-state index < -0.39 is 0 Å². The van der Waals surface area contributed by atoms with Gasteiger partial charge in [0.1, 0.15) is 11.3 Å². The molecule has 0 unspecified atom stereocenters. The van der Waals surface area contributed by atoms with Crippen molar-refractivity contribution in [1.82, 2.24) is 15.0 Å². The average Bonchev–Trinajstić information content (AvgIpc) is 3.30. The van der Waals surface area contributed by atoms with Crippen LogP contribution in [-0.4, -0.2) is 41.1 Å². The molecule has 1 saturated heterocycles. The number of aromatic nitrogens is 3. The lowest BCUT2D eigenvalue weighted by atomic mass is 10.3. The van der Waals surface area contributed by atoms with Gasteiger partial charge in [0.25, 0.3) is 0 Å². The number of ether oxygens (including phenoxy) is 3. The lowest BCUT2D eigenvalue weighted by molar-refractivity contribution is -0.183. The highest BCUT2D eigenvalue weighted by molar-refractivity contribution is 9.10. The predicted molar refractivity (Wildman–Crippen MR) is 88.4 cm³/mol. The van der Waals surface area contributed by atoms with E-state index in [1.54, 1.807) is 0 Å².